The van der Waals surface area contributed by atoms with Gasteiger partial charge in [-0.15, -0.1) is 0 Å². The first-order chi connectivity index (χ1) is 8.74. The summed E-state index contributed by atoms with van der Waals surface area (Å²) in [4.78, 5) is 4.23. The molecule has 0 unspecified atom stereocenters. The molecule has 112 valence electrons. The summed E-state index contributed by atoms with van der Waals surface area (Å²) >= 11 is 3.41. The van der Waals surface area contributed by atoms with Crippen molar-refractivity contribution < 1.29 is 40.6 Å². The lowest BCUT2D eigenvalue weighted by atomic mass is 10.2. The zero-order chi connectivity index (χ0) is 12.8. The van der Waals surface area contributed by atoms with Gasteiger partial charge in [-0.2, -0.15) is 0 Å². The van der Waals surface area contributed by atoms with Gasteiger partial charge in [0, 0.05) is 10.9 Å². The normalized spacial score (nSPS) is 14.2. The molecule has 2 rings (SSSR count). The van der Waals surface area contributed by atoms with Crippen LogP contribution in [0.15, 0.2) is 45.6 Å². The molecule has 1 aromatic carbocycles. The monoisotopic (exact) mass is 381 g/mol. The van der Waals surface area contributed by atoms with Gasteiger partial charge in [-0.05, 0) is 17.7 Å². The van der Waals surface area contributed by atoms with Crippen molar-refractivity contribution in [2.24, 2.45) is 4.99 Å². The van der Waals surface area contributed by atoms with Gasteiger partial charge < -0.3 is 35.3 Å². The second-order valence-electron chi connectivity index (χ2n) is 4.34. The van der Waals surface area contributed by atoms with E-state index in [-0.39, 0.29) is 30.9 Å². The zero-order valence-electron chi connectivity index (χ0n) is 10.9. The van der Waals surface area contributed by atoms with E-state index in [4.69, 9.17) is 4.74 Å². The molecule has 1 aliphatic heterocycles. The highest BCUT2D eigenvalue weighted by Gasteiger charge is 2.12. The van der Waals surface area contributed by atoms with Crippen molar-refractivity contribution in [1.29, 1.82) is 0 Å². The average Bonchev–Trinajstić information content (AvgIpc) is 2.84. The molecule has 0 bridgehead atoms. The number of hydrogen-bond acceptors (Lipinski definition) is 2. The van der Waals surface area contributed by atoms with Crippen molar-refractivity contribution in [2.75, 3.05) is 6.61 Å². The molecule has 5 N–H and O–H groups in total. The predicted octanol–water partition coefficient (Wildman–Crippen LogP) is -5.58. The summed E-state index contributed by atoms with van der Waals surface area (Å²) in [5.41, 5.74) is 6.35. The Morgan fingerprint density at radius 2 is 1.95 bits per heavy atom. The summed E-state index contributed by atoms with van der Waals surface area (Å²) in [5.74, 6) is 0. The van der Waals surface area contributed by atoms with Crippen molar-refractivity contribution in [3.8, 4) is 0 Å². The van der Waals surface area contributed by atoms with E-state index in [0.717, 1.165) is 16.6 Å². The van der Waals surface area contributed by atoms with E-state index in [1.807, 2.05) is 30.0 Å². The van der Waals surface area contributed by atoms with Crippen LogP contribution < -0.4 is 35.9 Å². The SMILES string of the molecule is [Cl-].[Cl-].[NH3+][C@H](COCc1ccc(Br)cc1)CC1=C[NH2+]C=N1. The van der Waals surface area contributed by atoms with Crippen LogP contribution in [0.3, 0.4) is 0 Å². The van der Waals surface area contributed by atoms with Crippen molar-refractivity contribution >= 4 is 22.3 Å². The minimum Gasteiger partial charge on any atom is -1.00 e. The lowest BCUT2D eigenvalue weighted by molar-refractivity contribution is -0.449. The highest BCUT2D eigenvalue weighted by molar-refractivity contribution is 9.10. The van der Waals surface area contributed by atoms with Gasteiger partial charge in [0.25, 0.3) is 0 Å². The fourth-order valence-electron chi connectivity index (χ4n) is 1.74. The van der Waals surface area contributed by atoms with E-state index in [2.05, 4.69) is 38.8 Å². The molecular formula is C13H18BrCl2N3O. The maximum atomic E-state index is 5.66. The molecule has 0 amide bonds. The smallest absolute Gasteiger partial charge is 0.191 e. The van der Waals surface area contributed by atoms with Crippen molar-refractivity contribution in [3.05, 3.63) is 46.2 Å². The molecule has 1 aromatic rings. The number of nitrogens with two attached hydrogens (primary N) is 1. The van der Waals surface area contributed by atoms with Crippen molar-refractivity contribution in [2.45, 2.75) is 19.1 Å². The lowest BCUT2D eigenvalue weighted by Gasteiger charge is -2.08. The van der Waals surface area contributed by atoms with Gasteiger partial charge in [-0.1, -0.05) is 28.1 Å². The number of rotatable bonds is 6. The van der Waals surface area contributed by atoms with E-state index in [1.54, 1.807) is 0 Å². The number of ether oxygens (including phenoxy) is 1. The van der Waals surface area contributed by atoms with E-state index in [1.165, 1.54) is 5.56 Å². The van der Waals surface area contributed by atoms with Crippen LogP contribution in [0.5, 0.6) is 0 Å². The Labute approximate surface area is 139 Å². The van der Waals surface area contributed by atoms with Gasteiger partial charge >= 0.3 is 0 Å². The molecule has 20 heavy (non-hydrogen) atoms. The van der Waals surface area contributed by atoms with Crippen molar-refractivity contribution in [3.63, 3.8) is 0 Å². The largest absolute Gasteiger partial charge is 1.00 e. The maximum absolute atomic E-state index is 5.66. The second kappa shape index (κ2) is 10.3. The van der Waals surface area contributed by atoms with Gasteiger partial charge in [0.05, 0.1) is 13.2 Å². The highest BCUT2D eigenvalue weighted by Crippen LogP contribution is 2.11. The zero-order valence-corrected chi connectivity index (χ0v) is 14.0. The number of quaternary nitrogens is 2. The van der Waals surface area contributed by atoms with Crippen LogP contribution in [-0.2, 0) is 11.3 Å². The van der Waals surface area contributed by atoms with Crippen LogP contribution in [0.2, 0.25) is 0 Å². The molecule has 7 heteroatoms. The second-order valence-corrected chi connectivity index (χ2v) is 5.26. The highest BCUT2D eigenvalue weighted by atomic mass is 79.9. The van der Waals surface area contributed by atoms with Crippen LogP contribution >= 0.6 is 15.9 Å². The number of nitrogens with zero attached hydrogens (tertiary/aromatic N) is 1. The molecule has 4 nitrogen and oxygen atoms in total. The minimum absolute atomic E-state index is 0. The molecule has 1 atom stereocenters. The maximum Gasteiger partial charge on any atom is 0.191 e. The van der Waals surface area contributed by atoms with Gasteiger partial charge in [-0.3, -0.25) is 5.32 Å². The van der Waals surface area contributed by atoms with Crippen LogP contribution in [0.1, 0.15) is 12.0 Å². The third-order valence-electron chi connectivity index (χ3n) is 2.65. The number of hydrogen-bond donors (Lipinski definition) is 2. The Kier molecular flexibility index (Phi) is 10.1. The van der Waals surface area contributed by atoms with E-state index in [9.17, 15) is 0 Å². The van der Waals surface area contributed by atoms with E-state index >= 15 is 0 Å². The molecule has 0 saturated heterocycles. The molecule has 0 spiro atoms. The molecular weight excluding hydrogens is 365 g/mol. The molecule has 0 saturated carbocycles. The summed E-state index contributed by atoms with van der Waals surface area (Å²) in [7, 11) is 0. The Balaban J connectivity index is 0.00000180. The van der Waals surface area contributed by atoms with Crippen LogP contribution in [0, 0.1) is 0 Å². The number of aliphatic imine (C=N–C) groups is 1. The summed E-state index contributed by atoms with van der Waals surface area (Å²) in [6.07, 6.45) is 4.70. The summed E-state index contributed by atoms with van der Waals surface area (Å²) < 4.78 is 6.75. The number of halogens is 3. The van der Waals surface area contributed by atoms with E-state index in [0.29, 0.717) is 13.2 Å². The first kappa shape index (κ1) is 19.6. The van der Waals surface area contributed by atoms with Crippen LogP contribution in [0.25, 0.3) is 0 Å². The Morgan fingerprint density at radius 3 is 2.55 bits per heavy atom. The Morgan fingerprint density at radius 1 is 1.25 bits per heavy atom. The summed E-state index contributed by atoms with van der Waals surface area (Å²) in [6, 6.07) is 8.40. The third kappa shape index (κ3) is 6.83. The fourth-order valence-corrected chi connectivity index (χ4v) is 2.00. The topological polar surface area (TPSA) is 65.8 Å². The molecule has 1 aliphatic rings. The first-order valence-electron chi connectivity index (χ1n) is 5.96. The molecule has 0 aliphatic carbocycles. The van der Waals surface area contributed by atoms with Gasteiger partial charge in [0.15, 0.2) is 6.34 Å². The molecule has 1 heterocycles. The van der Waals surface area contributed by atoms with Gasteiger partial charge in [0.2, 0.25) is 0 Å². The minimum atomic E-state index is 0. The summed E-state index contributed by atoms with van der Waals surface area (Å²) in [5, 5.41) is 1.95. The first-order valence-corrected chi connectivity index (χ1v) is 6.75. The molecule has 0 fully saturated rings. The van der Waals surface area contributed by atoms with Gasteiger partial charge in [-0.25, -0.2) is 4.99 Å². The molecule has 0 radical (unpaired) electrons. The quantitative estimate of drug-likeness (QED) is 0.506. The van der Waals surface area contributed by atoms with E-state index < -0.39 is 0 Å². The standard InChI is InChI=1S/C13H16BrN3O.2ClH/c14-11-3-1-10(2-4-11)7-18-8-12(15)5-13-6-16-9-17-13;;/h1-4,6,9,12H,5,7-8,15H2,(H,16,17);2*1H/t12-;;/m0../s1. The van der Waals surface area contributed by atoms with Gasteiger partial charge in [0.1, 0.15) is 17.9 Å². The Bertz CT molecular complexity index is 451. The average molecular weight is 383 g/mol. The third-order valence-corrected chi connectivity index (χ3v) is 3.18. The van der Waals surface area contributed by atoms with Crippen LogP contribution in [-0.4, -0.2) is 19.0 Å². The molecule has 0 aromatic heterocycles. The van der Waals surface area contributed by atoms with Crippen molar-refractivity contribution in [1.82, 2.24) is 0 Å². The predicted molar refractivity (Wildman–Crippen MR) is 73.6 cm³/mol. The fraction of sp³-hybridized carbons (Fsp3) is 0.308. The van der Waals surface area contributed by atoms with Crippen LogP contribution in [0.4, 0.5) is 0 Å². The lowest BCUT2D eigenvalue weighted by Crippen LogP contribution is -3.00. The number of benzene rings is 1. The Hall–Kier alpha value is -0.430. The summed E-state index contributed by atoms with van der Waals surface area (Å²) in [6.45, 7) is 1.29.